The van der Waals surface area contributed by atoms with E-state index < -0.39 is 12.3 Å². The maximum Gasteiger partial charge on any atom is 0.303 e. The van der Waals surface area contributed by atoms with Gasteiger partial charge >= 0.3 is 5.97 Å². The number of carboxylic acid groups (broad SMARTS) is 1. The van der Waals surface area contributed by atoms with E-state index in [1.54, 1.807) is 0 Å². The molecule has 5 rings (SSSR count). The summed E-state index contributed by atoms with van der Waals surface area (Å²) in [5.41, 5.74) is 7.11. The third kappa shape index (κ3) is 9.59. The largest absolute Gasteiger partial charge is 0.481 e. The lowest BCUT2D eigenvalue weighted by Crippen LogP contribution is -2.43. The minimum Gasteiger partial charge on any atom is -0.481 e. The van der Waals surface area contributed by atoms with Crippen LogP contribution in [0.4, 0.5) is 0 Å². The molecule has 0 radical (unpaired) electrons. The molecule has 8 nitrogen and oxygen atoms in total. The molecule has 0 aromatic heterocycles. The summed E-state index contributed by atoms with van der Waals surface area (Å²) in [4.78, 5) is 25.1. The minimum absolute atomic E-state index is 0.00150. The highest BCUT2D eigenvalue weighted by molar-refractivity contribution is 5.76. The number of rotatable bonds is 14. The molecule has 0 saturated carbocycles. The summed E-state index contributed by atoms with van der Waals surface area (Å²) in [6.45, 7) is 4.11. The van der Waals surface area contributed by atoms with Crippen LogP contribution in [-0.4, -0.2) is 46.7 Å². The third-order valence-electron chi connectivity index (χ3n) is 8.64. The number of aliphatic carboxylic acids is 1. The van der Waals surface area contributed by atoms with Crippen molar-refractivity contribution in [1.29, 1.82) is 0 Å². The Bertz CT molecular complexity index is 1590. The predicted octanol–water partition coefficient (Wildman–Crippen LogP) is 6.64. The van der Waals surface area contributed by atoms with E-state index in [-0.39, 0.29) is 43.5 Å². The van der Waals surface area contributed by atoms with E-state index in [1.165, 1.54) is 5.56 Å². The van der Waals surface area contributed by atoms with Gasteiger partial charge in [-0.1, -0.05) is 104 Å². The van der Waals surface area contributed by atoms with Crippen molar-refractivity contribution in [3.63, 3.8) is 0 Å². The molecule has 8 heteroatoms. The first-order valence-corrected chi connectivity index (χ1v) is 16.2. The van der Waals surface area contributed by atoms with Gasteiger partial charge < -0.3 is 25.0 Å². The van der Waals surface area contributed by atoms with Gasteiger partial charge in [0.15, 0.2) is 6.29 Å². The van der Waals surface area contributed by atoms with Crippen LogP contribution in [0.2, 0.25) is 0 Å². The topological polar surface area (TPSA) is 108 Å². The number of carbonyl (C=O) groups excluding carboxylic acids is 1. The minimum atomic E-state index is -0.896. The van der Waals surface area contributed by atoms with E-state index in [4.69, 9.17) is 14.6 Å². The molecule has 1 saturated heterocycles. The molecule has 1 aliphatic rings. The number of hydrogen-bond donors (Lipinski definition) is 3. The fourth-order valence-electron chi connectivity index (χ4n) is 5.98. The van der Waals surface area contributed by atoms with Gasteiger partial charge in [-0.05, 0) is 52.9 Å². The molecule has 4 aromatic rings. The van der Waals surface area contributed by atoms with Gasteiger partial charge in [-0.25, -0.2) is 0 Å². The highest BCUT2D eigenvalue weighted by atomic mass is 16.7. The lowest BCUT2D eigenvalue weighted by Gasteiger charge is -2.42. The lowest BCUT2D eigenvalue weighted by molar-refractivity contribution is -0.276. The number of hydrogen-bond acceptors (Lipinski definition) is 6. The van der Waals surface area contributed by atoms with Crippen LogP contribution in [0.5, 0.6) is 0 Å². The average Bonchev–Trinajstić information content (AvgIpc) is 3.09. The molecule has 0 bridgehead atoms. The highest BCUT2D eigenvalue weighted by Crippen LogP contribution is 2.42. The summed E-state index contributed by atoms with van der Waals surface area (Å²) in [7, 11) is 2.12. The van der Waals surface area contributed by atoms with Crippen LogP contribution in [0.25, 0.3) is 11.1 Å². The number of ether oxygens (including phenoxy) is 2. The van der Waals surface area contributed by atoms with Crippen molar-refractivity contribution in [3.05, 3.63) is 131 Å². The molecular formula is C39H44N2O6. The summed E-state index contributed by atoms with van der Waals surface area (Å²) in [5, 5.41) is 21.2. The fourth-order valence-corrected chi connectivity index (χ4v) is 5.98. The zero-order valence-corrected chi connectivity index (χ0v) is 27.0. The Kier molecular flexibility index (Phi) is 11.9. The summed E-state index contributed by atoms with van der Waals surface area (Å²) in [6.07, 6.45) is -0.327. The van der Waals surface area contributed by atoms with E-state index in [2.05, 4.69) is 60.6 Å². The van der Waals surface area contributed by atoms with Gasteiger partial charge in [0.2, 0.25) is 5.91 Å². The molecule has 3 N–H and O–H groups in total. The van der Waals surface area contributed by atoms with Gasteiger partial charge in [-0.3, -0.25) is 14.5 Å². The molecule has 1 fully saturated rings. The van der Waals surface area contributed by atoms with E-state index in [0.717, 1.165) is 46.5 Å². The third-order valence-corrected chi connectivity index (χ3v) is 8.64. The van der Waals surface area contributed by atoms with Crippen molar-refractivity contribution in [2.75, 3.05) is 13.6 Å². The lowest BCUT2D eigenvalue weighted by atomic mass is 9.90. The van der Waals surface area contributed by atoms with Crippen LogP contribution in [0.3, 0.4) is 0 Å². The summed E-state index contributed by atoms with van der Waals surface area (Å²) < 4.78 is 13.3. The molecule has 246 valence electrons. The summed E-state index contributed by atoms with van der Waals surface area (Å²) in [5.74, 6) is -0.966. The average molecular weight is 637 g/mol. The molecule has 1 amide bonds. The second-order valence-electron chi connectivity index (χ2n) is 12.4. The first kappa shape index (κ1) is 34.0. The molecule has 47 heavy (non-hydrogen) atoms. The van der Waals surface area contributed by atoms with E-state index in [1.807, 2.05) is 66.7 Å². The van der Waals surface area contributed by atoms with Crippen molar-refractivity contribution < 1.29 is 29.3 Å². The van der Waals surface area contributed by atoms with Crippen molar-refractivity contribution >= 4 is 11.9 Å². The van der Waals surface area contributed by atoms with E-state index >= 15 is 0 Å². The SMILES string of the molecule is CC1C(CN(C)Cc2ccccc2)OC(c2ccc(-c3cccc(CNC(=O)CCCC(=O)O)c3)cc2)OC1c1ccc(CO)cc1. The second-order valence-corrected chi connectivity index (χ2v) is 12.4. The second kappa shape index (κ2) is 16.5. The van der Waals surface area contributed by atoms with Crippen LogP contribution in [0.1, 0.15) is 66.4 Å². The Morgan fingerprint density at radius 2 is 1.49 bits per heavy atom. The molecule has 0 aliphatic carbocycles. The fraction of sp³-hybridized carbons (Fsp3) is 0.333. The molecule has 0 spiro atoms. The molecule has 4 unspecified atom stereocenters. The quantitative estimate of drug-likeness (QED) is 0.142. The number of amides is 1. The van der Waals surface area contributed by atoms with E-state index in [9.17, 15) is 14.7 Å². The molecule has 4 atom stereocenters. The summed E-state index contributed by atoms with van der Waals surface area (Å²) >= 11 is 0. The van der Waals surface area contributed by atoms with Crippen LogP contribution in [0, 0.1) is 5.92 Å². The zero-order chi connectivity index (χ0) is 33.2. The number of likely N-dealkylation sites (N-methyl/N-ethyl adjacent to an activating group) is 1. The van der Waals surface area contributed by atoms with Gasteiger partial charge in [0.05, 0.1) is 18.8 Å². The van der Waals surface area contributed by atoms with E-state index in [0.29, 0.717) is 13.0 Å². The standard InChI is InChI=1S/C39H44N2O6/c1-27-35(25-41(2)24-28-8-4-3-5-9-28)46-39(47-38(27)32-16-14-29(26-42)15-17-32)33-20-18-31(19-21-33)34-11-6-10-30(22-34)23-40-36(43)12-7-13-37(44)45/h3-6,8-11,14-22,27,35,38-39,42H,7,12-13,23-26H2,1-2H3,(H,40,43)(H,44,45). The number of aliphatic hydroxyl groups excluding tert-OH is 1. The monoisotopic (exact) mass is 636 g/mol. The smallest absolute Gasteiger partial charge is 0.303 e. The predicted molar refractivity (Wildman–Crippen MR) is 181 cm³/mol. The van der Waals surface area contributed by atoms with Crippen LogP contribution < -0.4 is 5.32 Å². The number of nitrogens with one attached hydrogen (secondary N) is 1. The van der Waals surface area contributed by atoms with Crippen LogP contribution in [0.15, 0.2) is 103 Å². The van der Waals surface area contributed by atoms with Crippen LogP contribution in [-0.2, 0) is 38.8 Å². The molecule has 1 aliphatic heterocycles. The van der Waals surface area contributed by atoms with Crippen molar-refractivity contribution in [3.8, 4) is 11.1 Å². The first-order chi connectivity index (χ1) is 22.8. The number of carboxylic acids is 1. The van der Waals surface area contributed by atoms with Crippen molar-refractivity contribution in [2.45, 2.75) is 64.4 Å². The van der Waals surface area contributed by atoms with Crippen molar-refractivity contribution in [2.24, 2.45) is 5.92 Å². The molecular weight excluding hydrogens is 592 g/mol. The Labute approximate surface area is 277 Å². The normalized spacial score (nSPS) is 19.4. The van der Waals surface area contributed by atoms with Gasteiger partial charge in [0.1, 0.15) is 0 Å². The molecule has 1 heterocycles. The Morgan fingerprint density at radius 1 is 0.787 bits per heavy atom. The highest BCUT2D eigenvalue weighted by Gasteiger charge is 2.38. The van der Waals surface area contributed by atoms with Gasteiger partial charge in [0, 0.05) is 44.0 Å². The number of carbonyl (C=O) groups is 2. The number of benzene rings is 4. The summed E-state index contributed by atoms with van der Waals surface area (Å²) in [6, 6.07) is 34.6. The maximum atomic E-state index is 12.1. The first-order valence-electron chi connectivity index (χ1n) is 16.2. The van der Waals surface area contributed by atoms with Crippen LogP contribution >= 0.6 is 0 Å². The number of nitrogens with zero attached hydrogens (tertiary/aromatic N) is 1. The van der Waals surface area contributed by atoms with Crippen molar-refractivity contribution in [1.82, 2.24) is 10.2 Å². The Morgan fingerprint density at radius 3 is 2.19 bits per heavy atom. The molecule has 4 aromatic carbocycles. The Hall–Kier alpha value is -4.34. The Balaban J connectivity index is 1.29. The van der Waals surface area contributed by atoms with Gasteiger partial charge in [-0.2, -0.15) is 0 Å². The van der Waals surface area contributed by atoms with Gasteiger partial charge in [0.25, 0.3) is 0 Å². The number of aliphatic hydroxyl groups is 1. The zero-order valence-electron chi connectivity index (χ0n) is 27.0. The maximum absolute atomic E-state index is 12.1. The van der Waals surface area contributed by atoms with Gasteiger partial charge in [-0.15, -0.1) is 0 Å².